The number of anilines is 1. The molecule has 1 aromatic carbocycles. The molecule has 0 bridgehead atoms. The van der Waals surface area contributed by atoms with Crippen LogP contribution in [0, 0.1) is 24.2 Å². The van der Waals surface area contributed by atoms with Crippen LogP contribution < -0.4 is 5.32 Å². The summed E-state index contributed by atoms with van der Waals surface area (Å²) in [5.41, 5.74) is 1.57. The molecule has 0 radical (unpaired) electrons. The zero-order valence-electron chi connectivity index (χ0n) is 9.36. The average molecular weight is 213 g/mol. The topological polar surface area (TPSA) is 29.1 Å². The van der Waals surface area contributed by atoms with Crippen molar-refractivity contribution in [3.8, 4) is 12.3 Å². The minimum Gasteiger partial charge on any atom is -0.326 e. The van der Waals surface area contributed by atoms with Crippen LogP contribution in [0.15, 0.2) is 24.3 Å². The van der Waals surface area contributed by atoms with E-state index < -0.39 is 0 Å². The minimum absolute atomic E-state index is 0.0941. The van der Waals surface area contributed by atoms with Crippen molar-refractivity contribution in [2.24, 2.45) is 11.8 Å². The fourth-order valence-corrected chi connectivity index (χ4v) is 1.75. The van der Waals surface area contributed by atoms with E-state index in [-0.39, 0.29) is 11.8 Å². The molecule has 1 amide bonds. The van der Waals surface area contributed by atoms with E-state index in [1.165, 1.54) is 12.8 Å². The van der Waals surface area contributed by atoms with Gasteiger partial charge in [0.1, 0.15) is 0 Å². The Balaban J connectivity index is 2.02. The van der Waals surface area contributed by atoms with Crippen LogP contribution in [-0.4, -0.2) is 5.91 Å². The number of benzene rings is 1. The first kappa shape index (κ1) is 10.8. The lowest BCUT2D eigenvalue weighted by molar-refractivity contribution is -0.119. The first-order valence-corrected chi connectivity index (χ1v) is 5.58. The molecular weight excluding hydrogens is 198 g/mol. The third-order valence-electron chi connectivity index (χ3n) is 3.04. The molecular formula is C14H15NO. The molecule has 0 aliphatic heterocycles. The van der Waals surface area contributed by atoms with Crippen molar-refractivity contribution in [2.45, 2.75) is 19.8 Å². The number of terminal acetylenes is 1. The molecule has 1 aromatic rings. The van der Waals surface area contributed by atoms with Gasteiger partial charge in [-0.1, -0.05) is 18.9 Å². The third kappa shape index (κ3) is 2.43. The Morgan fingerprint density at radius 3 is 2.94 bits per heavy atom. The van der Waals surface area contributed by atoms with Gasteiger partial charge in [0.2, 0.25) is 5.91 Å². The molecule has 0 aromatic heterocycles. The summed E-state index contributed by atoms with van der Waals surface area (Å²) in [4.78, 5) is 11.8. The molecule has 2 heteroatoms. The summed E-state index contributed by atoms with van der Waals surface area (Å²) in [5, 5.41) is 2.90. The van der Waals surface area contributed by atoms with Crippen LogP contribution in [0.2, 0.25) is 0 Å². The zero-order valence-corrected chi connectivity index (χ0v) is 9.36. The largest absolute Gasteiger partial charge is 0.326 e. The second-order valence-electron chi connectivity index (χ2n) is 4.34. The van der Waals surface area contributed by atoms with E-state index in [9.17, 15) is 4.79 Å². The molecule has 1 saturated carbocycles. The molecule has 82 valence electrons. The Morgan fingerprint density at radius 1 is 1.56 bits per heavy atom. The number of carbonyl (C=O) groups excluding carboxylic acids is 1. The Hall–Kier alpha value is -1.75. The van der Waals surface area contributed by atoms with Gasteiger partial charge in [-0.15, -0.1) is 6.42 Å². The maximum absolute atomic E-state index is 11.8. The van der Waals surface area contributed by atoms with Gasteiger partial charge in [-0.25, -0.2) is 0 Å². The highest BCUT2D eigenvalue weighted by atomic mass is 16.1. The molecule has 1 unspecified atom stereocenters. The molecule has 1 aliphatic carbocycles. The molecule has 2 rings (SSSR count). The van der Waals surface area contributed by atoms with Crippen molar-refractivity contribution < 1.29 is 4.79 Å². The van der Waals surface area contributed by atoms with Crippen LogP contribution in [0.5, 0.6) is 0 Å². The lowest BCUT2D eigenvalue weighted by Crippen LogP contribution is -2.21. The van der Waals surface area contributed by atoms with E-state index in [1.54, 1.807) is 0 Å². The number of hydrogen-bond donors (Lipinski definition) is 1. The number of rotatable bonds is 3. The molecule has 2 nitrogen and oxygen atoms in total. The van der Waals surface area contributed by atoms with Crippen LogP contribution in [0.1, 0.15) is 25.3 Å². The molecule has 0 saturated heterocycles. The first-order valence-electron chi connectivity index (χ1n) is 5.58. The quantitative estimate of drug-likeness (QED) is 0.768. The summed E-state index contributed by atoms with van der Waals surface area (Å²) in [6.45, 7) is 1.98. The van der Waals surface area contributed by atoms with Gasteiger partial charge in [0.05, 0.1) is 0 Å². The summed E-state index contributed by atoms with van der Waals surface area (Å²) in [6.07, 6.45) is 7.66. The molecule has 1 fully saturated rings. The Kier molecular flexibility index (Phi) is 2.96. The number of amides is 1. The summed E-state index contributed by atoms with van der Waals surface area (Å²) in [7, 11) is 0. The highest BCUT2D eigenvalue weighted by Crippen LogP contribution is 2.37. The second-order valence-corrected chi connectivity index (χ2v) is 4.34. The summed E-state index contributed by atoms with van der Waals surface area (Å²) in [5.74, 6) is 3.33. The Labute approximate surface area is 96.1 Å². The Morgan fingerprint density at radius 2 is 2.31 bits per heavy atom. The average Bonchev–Trinajstić information content (AvgIpc) is 3.12. The predicted octanol–water partition coefficient (Wildman–Crippen LogP) is 2.65. The first-order chi connectivity index (χ1) is 7.70. The van der Waals surface area contributed by atoms with E-state index in [2.05, 4.69) is 11.2 Å². The zero-order chi connectivity index (χ0) is 11.5. The van der Waals surface area contributed by atoms with Gasteiger partial charge in [0, 0.05) is 17.2 Å². The number of carbonyl (C=O) groups is 1. The maximum Gasteiger partial charge on any atom is 0.227 e. The van der Waals surface area contributed by atoms with Gasteiger partial charge in [-0.3, -0.25) is 4.79 Å². The lowest BCUT2D eigenvalue weighted by atomic mass is 10.1. The van der Waals surface area contributed by atoms with E-state index in [0.717, 1.165) is 11.3 Å². The highest BCUT2D eigenvalue weighted by molar-refractivity contribution is 5.92. The van der Waals surface area contributed by atoms with Crippen molar-refractivity contribution in [1.29, 1.82) is 0 Å². The standard InChI is InChI=1S/C14H15NO/c1-3-11-5-4-6-13(9-11)15-14(16)10(2)12-7-8-12/h1,4-6,9-10,12H,7-8H2,2H3,(H,15,16). The number of hydrogen-bond acceptors (Lipinski definition) is 1. The monoisotopic (exact) mass is 213 g/mol. The van der Waals surface area contributed by atoms with E-state index >= 15 is 0 Å². The van der Waals surface area contributed by atoms with Crippen LogP contribution >= 0.6 is 0 Å². The van der Waals surface area contributed by atoms with Gasteiger partial charge in [-0.2, -0.15) is 0 Å². The van der Waals surface area contributed by atoms with Crippen LogP contribution in [0.4, 0.5) is 5.69 Å². The summed E-state index contributed by atoms with van der Waals surface area (Å²) >= 11 is 0. The molecule has 1 atom stereocenters. The summed E-state index contributed by atoms with van der Waals surface area (Å²) in [6, 6.07) is 7.38. The second kappa shape index (κ2) is 4.40. The van der Waals surface area contributed by atoms with Crippen molar-refractivity contribution in [2.75, 3.05) is 5.32 Å². The smallest absolute Gasteiger partial charge is 0.227 e. The minimum atomic E-state index is 0.0941. The molecule has 16 heavy (non-hydrogen) atoms. The van der Waals surface area contributed by atoms with Crippen LogP contribution in [-0.2, 0) is 4.79 Å². The fourth-order valence-electron chi connectivity index (χ4n) is 1.75. The molecule has 0 spiro atoms. The SMILES string of the molecule is C#Cc1cccc(NC(=O)C(C)C2CC2)c1. The molecule has 1 N–H and O–H groups in total. The summed E-state index contributed by atoms with van der Waals surface area (Å²) < 4.78 is 0. The van der Waals surface area contributed by atoms with Crippen molar-refractivity contribution >= 4 is 11.6 Å². The van der Waals surface area contributed by atoms with E-state index in [0.29, 0.717) is 5.92 Å². The fraction of sp³-hybridized carbons (Fsp3) is 0.357. The predicted molar refractivity (Wildman–Crippen MR) is 64.9 cm³/mol. The van der Waals surface area contributed by atoms with Crippen molar-refractivity contribution in [1.82, 2.24) is 0 Å². The van der Waals surface area contributed by atoms with Crippen molar-refractivity contribution in [3.63, 3.8) is 0 Å². The van der Waals surface area contributed by atoms with Gasteiger partial charge in [0.25, 0.3) is 0 Å². The maximum atomic E-state index is 11.8. The van der Waals surface area contributed by atoms with Gasteiger partial charge < -0.3 is 5.32 Å². The van der Waals surface area contributed by atoms with Crippen LogP contribution in [0.3, 0.4) is 0 Å². The van der Waals surface area contributed by atoms with E-state index in [1.807, 2.05) is 31.2 Å². The highest BCUT2D eigenvalue weighted by Gasteiger charge is 2.32. The molecule has 0 heterocycles. The van der Waals surface area contributed by atoms with Gasteiger partial charge >= 0.3 is 0 Å². The van der Waals surface area contributed by atoms with Gasteiger partial charge in [0.15, 0.2) is 0 Å². The normalized spacial score (nSPS) is 16.2. The number of nitrogens with one attached hydrogen (secondary N) is 1. The van der Waals surface area contributed by atoms with Gasteiger partial charge in [-0.05, 0) is 37.0 Å². The lowest BCUT2D eigenvalue weighted by Gasteiger charge is -2.11. The Bertz CT molecular complexity index is 440. The van der Waals surface area contributed by atoms with E-state index in [4.69, 9.17) is 6.42 Å². The van der Waals surface area contributed by atoms with Crippen molar-refractivity contribution in [3.05, 3.63) is 29.8 Å². The van der Waals surface area contributed by atoms with Crippen LogP contribution in [0.25, 0.3) is 0 Å². The molecule has 1 aliphatic rings. The third-order valence-corrected chi connectivity index (χ3v) is 3.04.